The second-order valence-electron chi connectivity index (χ2n) is 7.29. The molecule has 2 aromatic carbocycles. The zero-order valence-corrected chi connectivity index (χ0v) is 13.9. The minimum Gasteiger partial charge on any atom is -0.361 e. The first-order valence-electron chi connectivity index (χ1n) is 8.86. The topological polar surface area (TPSA) is 36.1 Å². The highest BCUT2D eigenvalue weighted by atomic mass is 19.1. The van der Waals surface area contributed by atoms with Crippen LogP contribution in [-0.2, 0) is 5.41 Å². The van der Waals surface area contributed by atoms with E-state index in [0.29, 0.717) is 12.1 Å². The van der Waals surface area contributed by atoms with Gasteiger partial charge in [0.2, 0.25) is 0 Å². The van der Waals surface area contributed by atoms with Gasteiger partial charge in [-0.3, -0.25) is 4.79 Å². The molecule has 0 bridgehead atoms. The number of nitrogens with zero attached hydrogens (tertiary/aromatic N) is 1. The second kappa shape index (κ2) is 5.19. The molecule has 2 heterocycles. The Kier molecular flexibility index (Phi) is 3.05. The molecule has 1 aliphatic heterocycles. The lowest BCUT2D eigenvalue weighted by molar-refractivity contribution is 0.0985. The summed E-state index contributed by atoms with van der Waals surface area (Å²) < 4.78 is 14.7. The molecule has 2 aliphatic rings. The molecule has 1 spiro atoms. The number of benzene rings is 2. The second-order valence-corrected chi connectivity index (χ2v) is 7.29. The van der Waals surface area contributed by atoms with Gasteiger partial charge in [-0.1, -0.05) is 18.9 Å². The van der Waals surface area contributed by atoms with Gasteiger partial charge in [-0.25, -0.2) is 4.39 Å². The van der Waals surface area contributed by atoms with E-state index in [2.05, 4.69) is 4.98 Å². The van der Waals surface area contributed by atoms with E-state index in [1.807, 2.05) is 36.5 Å². The number of fused-ring (bicyclic) bond motifs is 3. The molecule has 1 saturated carbocycles. The molecule has 25 heavy (non-hydrogen) atoms. The van der Waals surface area contributed by atoms with Gasteiger partial charge < -0.3 is 9.88 Å². The molecule has 3 nitrogen and oxygen atoms in total. The summed E-state index contributed by atoms with van der Waals surface area (Å²) in [6.45, 7) is 0.591. The van der Waals surface area contributed by atoms with Gasteiger partial charge >= 0.3 is 0 Å². The Balaban J connectivity index is 1.60. The maximum absolute atomic E-state index is 14.7. The zero-order valence-electron chi connectivity index (χ0n) is 13.9. The van der Waals surface area contributed by atoms with E-state index in [9.17, 15) is 9.18 Å². The predicted octanol–water partition coefficient (Wildman–Crippen LogP) is 4.78. The Morgan fingerprint density at radius 1 is 1.12 bits per heavy atom. The molecule has 0 atom stereocenters. The smallest absolute Gasteiger partial charge is 0.258 e. The normalized spacial score (nSPS) is 18.2. The number of halogens is 1. The summed E-state index contributed by atoms with van der Waals surface area (Å²) in [4.78, 5) is 18.2. The van der Waals surface area contributed by atoms with E-state index < -0.39 is 0 Å². The minimum absolute atomic E-state index is 0.0428. The van der Waals surface area contributed by atoms with Gasteiger partial charge in [0, 0.05) is 40.2 Å². The fourth-order valence-corrected chi connectivity index (χ4v) is 4.71. The maximum Gasteiger partial charge on any atom is 0.258 e. The molecule has 4 heteroatoms. The van der Waals surface area contributed by atoms with Crippen molar-refractivity contribution in [3.8, 4) is 0 Å². The number of carbonyl (C=O) groups excluding carboxylic acids is 1. The third-order valence-electron chi connectivity index (χ3n) is 5.88. The molecule has 0 radical (unpaired) electrons. The van der Waals surface area contributed by atoms with Crippen molar-refractivity contribution in [3.63, 3.8) is 0 Å². The fourth-order valence-electron chi connectivity index (χ4n) is 4.71. The summed E-state index contributed by atoms with van der Waals surface area (Å²) in [6, 6.07) is 12.8. The van der Waals surface area contributed by atoms with Gasteiger partial charge in [-0.05, 0) is 49.2 Å². The van der Waals surface area contributed by atoms with Crippen LogP contribution in [0.4, 0.5) is 10.1 Å². The number of aromatic amines is 1. The summed E-state index contributed by atoms with van der Waals surface area (Å²) in [5.74, 6) is -0.213. The van der Waals surface area contributed by atoms with Crippen LogP contribution in [0.1, 0.15) is 41.6 Å². The molecular weight excluding hydrogens is 315 g/mol. The van der Waals surface area contributed by atoms with Gasteiger partial charge in [0.05, 0.1) is 5.69 Å². The molecule has 0 unspecified atom stereocenters. The highest BCUT2D eigenvalue weighted by molar-refractivity contribution is 6.09. The quantitative estimate of drug-likeness (QED) is 0.683. The van der Waals surface area contributed by atoms with Crippen molar-refractivity contribution in [2.24, 2.45) is 0 Å². The molecule has 0 saturated heterocycles. The first-order valence-corrected chi connectivity index (χ1v) is 8.86. The number of hydrogen-bond acceptors (Lipinski definition) is 1. The predicted molar refractivity (Wildman–Crippen MR) is 96.5 cm³/mol. The number of rotatable bonds is 1. The van der Waals surface area contributed by atoms with E-state index >= 15 is 0 Å². The lowest BCUT2D eigenvalue weighted by Crippen LogP contribution is -2.35. The van der Waals surface area contributed by atoms with Crippen molar-refractivity contribution >= 4 is 22.5 Å². The van der Waals surface area contributed by atoms with Crippen molar-refractivity contribution in [1.82, 2.24) is 4.98 Å². The molecule has 126 valence electrons. The molecule has 3 aromatic rings. The van der Waals surface area contributed by atoms with Crippen LogP contribution in [0.25, 0.3) is 10.9 Å². The van der Waals surface area contributed by atoms with E-state index in [-0.39, 0.29) is 17.1 Å². The molecular formula is C21H19FN2O. The third-order valence-corrected chi connectivity index (χ3v) is 5.88. The lowest BCUT2D eigenvalue weighted by Gasteiger charge is -2.25. The molecule has 1 fully saturated rings. The molecule has 1 N–H and O–H groups in total. The van der Waals surface area contributed by atoms with Crippen molar-refractivity contribution in [3.05, 3.63) is 65.6 Å². The highest BCUT2D eigenvalue weighted by Crippen LogP contribution is 2.51. The lowest BCUT2D eigenvalue weighted by atomic mass is 9.80. The molecule has 5 rings (SSSR count). The monoisotopic (exact) mass is 334 g/mol. The van der Waals surface area contributed by atoms with Crippen LogP contribution in [0.3, 0.4) is 0 Å². The number of H-pyrrole nitrogens is 1. The van der Waals surface area contributed by atoms with Crippen LogP contribution in [-0.4, -0.2) is 17.4 Å². The maximum atomic E-state index is 14.7. The largest absolute Gasteiger partial charge is 0.361 e. The highest BCUT2D eigenvalue weighted by Gasteiger charge is 2.48. The van der Waals surface area contributed by atoms with E-state index in [0.717, 1.165) is 47.8 Å². The van der Waals surface area contributed by atoms with Crippen LogP contribution in [0.2, 0.25) is 0 Å². The zero-order chi connectivity index (χ0) is 17.0. The molecule has 1 aromatic heterocycles. The Morgan fingerprint density at radius 3 is 2.80 bits per heavy atom. The van der Waals surface area contributed by atoms with Crippen LogP contribution < -0.4 is 4.90 Å². The molecule has 1 aliphatic carbocycles. The van der Waals surface area contributed by atoms with Crippen molar-refractivity contribution in [2.75, 3.05) is 11.4 Å². The standard InChI is InChI=1S/C21H19FN2O/c22-16-4-3-5-18-19(16)21(9-1-2-10-21)13-24(18)20(25)15-6-7-17-14(12-15)8-11-23-17/h3-8,11-12,23H,1-2,9-10,13H2. The van der Waals surface area contributed by atoms with E-state index in [1.165, 1.54) is 6.07 Å². The summed E-state index contributed by atoms with van der Waals surface area (Å²) in [5, 5.41) is 1.01. The van der Waals surface area contributed by atoms with Crippen LogP contribution in [0, 0.1) is 5.82 Å². The first-order chi connectivity index (χ1) is 12.2. The number of anilines is 1. The average Bonchev–Trinajstić information content (AvgIpc) is 3.34. The van der Waals surface area contributed by atoms with Crippen molar-refractivity contribution < 1.29 is 9.18 Å². The first kappa shape index (κ1) is 14.7. The van der Waals surface area contributed by atoms with E-state index in [4.69, 9.17) is 0 Å². The summed E-state index contributed by atoms with van der Waals surface area (Å²) in [7, 11) is 0. The molecule has 1 amide bonds. The fraction of sp³-hybridized carbons (Fsp3) is 0.286. The summed E-state index contributed by atoms with van der Waals surface area (Å²) in [5.41, 5.74) is 2.97. The third kappa shape index (κ3) is 2.06. The average molecular weight is 334 g/mol. The number of hydrogen-bond donors (Lipinski definition) is 1. The van der Waals surface area contributed by atoms with Gasteiger partial charge in [0.15, 0.2) is 0 Å². The SMILES string of the molecule is O=C(c1ccc2[nH]ccc2c1)N1CC2(CCCC2)c2c(F)cccc21. The Bertz CT molecular complexity index is 984. The van der Waals surface area contributed by atoms with Crippen molar-refractivity contribution in [2.45, 2.75) is 31.1 Å². The number of amides is 1. The number of aromatic nitrogens is 1. The Hall–Kier alpha value is -2.62. The number of nitrogens with one attached hydrogen (secondary N) is 1. The minimum atomic E-state index is -0.200. The van der Waals surface area contributed by atoms with Crippen molar-refractivity contribution in [1.29, 1.82) is 0 Å². The van der Waals surface area contributed by atoms with Crippen LogP contribution >= 0.6 is 0 Å². The van der Waals surface area contributed by atoms with Gasteiger partial charge in [0.25, 0.3) is 5.91 Å². The summed E-state index contributed by atoms with van der Waals surface area (Å²) >= 11 is 0. The number of carbonyl (C=O) groups is 1. The van der Waals surface area contributed by atoms with Crippen LogP contribution in [0.15, 0.2) is 48.7 Å². The van der Waals surface area contributed by atoms with Gasteiger partial charge in [0.1, 0.15) is 5.82 Å². The van der Waals surface area contributed by atoms with Gasteiger partial charge in [-0.15, -0.1) is 0 Å². The Labute approximate surface area is 145 Å². The van der Waals surface area contributed by atoms with E-state index in [1.54, 1.807) is 11.0 Å². The van der Waals surface area contributed by atoms with Gasteiger partial charge in [-0.2, -0.15) is 0 Å². The summed E-state index contributed by atoms with van der Waals surface area (Å²) in [6.07, 6.45) is 5.99. The van der Waals surface area contributed by atoms with Crippen LogP contribution in [0.5, 0.6) is 0 Å². The Morgan fingerprint density at radius 2 is 1.96 bits per heavy atom.